The predicted octanol–water partition coefficient (Wildman–Crippen LogP) is 3.25. The van der Waals surface area contributed by atoms with E-state index in [-0.39, 0.29) is 18.0 Å². The van der Waals surface area contributed by atoms with Gasteiger partial charge < -0.3 is 15.2 Å². The number of hydrogen-bond donors (Lipinski definition) is 2. The number of aryl methyl sites for hydroxylation is 4. The van der Waals surface area contributed by atoms with Crippen LogP contribution in [0.15, 0.2) is 35.4 Å². The van der Waals surface area contributed by atoms with Crippen LogP contribution in [-0.2, 0) is 25.9 Å². The van der Waals surface area contributed by atoms with Crippen LogP contribution in [-0.4, -0.2) is 39.0 Å². The summed E-state index contributed by atoms with van der Waals surface area (Å²) in [6.07, 6.45) is 10.8. The van der Waals surface area contributed by atoms with Gasteiger partial charge in [0.2, 0.25) is 0 Å². The van der Waals surface area contributed by atoms with Gasteiger partial charge in [0.05, 0.1) is 23.8 Å². The molecule has 0 unspecified atom stereocenters. The Morgan fingerprint density at radius 2 is 2.12 bits per heavy atom. The number of benzene rings is 1. The molecule has 2 aliphatic heterocycles. The van der Waals surface area contributed by atoms with Crippen molar-refractivity contribution < 1.29 is 0 Å². The van der Waals surface area contributed by atoms with Gasteiger partial charge in [0.15, 0.2) is 0 Å². The summed E-state index contributed by atoms with van der Waals surface area (Å²) in [6, 6.07) is 6.03. The number of imidazole rings is 1. The molecule has 1 saturated carbocycles. The fourth-order valence-corrected chi connectivity index (χ4v) is 6.11. The largest absolute Gasteiger partial charge is 0.384 e. The second-order valence-electron chi connectivity index (χ2n) is 9.79. The highest BCUT2D eigenvalue weighted by Gasteiger charge is 2.38. The van der Waals surface area contributed by atoms with Crippen LogP contribution in [0.4, 0.5) is 5.69 Å². The average Bonchev–Trinajstić information content (AvgIpc) is 3.53. The van der Waals surface area contributed by atoms with E-state index in [1.165, 1.54) is 38.1 Å². The highest BCUT2D eigenvalue weighted by Crippen LogP contribution is 2.39. The fraction of sp³-hybridized carbons (Fsp3) is 0.560. The minimum absolute atomic E-state index is 0. The van der Waals surface area contributed by atoms with Gasteiger partial charge in [-0.2, -0.15) is 5.10 Å². The van der Waals surface area contributed by atoms with Crippen LogP contribution in [0.1, 0.15) is 37.2 Å². The zero-order chi connectivity index (χ0) is 21.5. The highest BCUT2D eigenvalue weighted by molar-refractivity contribution is 5.92. The van der Waals surface area contributed by atoms with E-state index in [4.69, 9.17) is 4.98 Å². The predicted molar refractivity (Wildman–Crippen MR) is 133 cm³/mol. The number of fused-ring (bicyclic) bond motifs is 3. The Labute approximate surface area is 200 Å². The highest BCUT2D eigenvalue weighted by atomic mass is 35.5. The second-order valence-corrected chi connectivity index (χ2v) is 9.79. The smallest absolute Gasteiger partial charge is 0.276 e. The molecule has 0 amide bonds. The quantitative estimate of drug-likeness (QED) is 0.580. The third-order valence-electron chi connectivity index (χ3n) is 7.88. The van der Waals surface area contributed by atoms with Crippen molar-refractivity contribution in [2.45, 2.75) is 51.6 Å². The first kappa shape index (κ1) is 22.4. The van der Waals surface area contributed by atoms with E-state index < -0.39 is 0 Å². The van der Waals surface area contributed by atoms with Gasteiger partial charge >= 0.3 is 0 Å². The van der Waals surface area contributed by atoms with E-state index in [1.807, 2.05) is 24.4 Å². The third kappa shape index (κ3) is 4.28. The van der Waals surface area contributed by atoms with Gasteiger partial charge in [-0.1, -0.05) is 12.1 Å². The maximum atomic E-state index is 13.4. The minimum atomic E-state index is -0.0126. The van der Waals surface area contributed by atoms with Crippen molar-refractivity contribution >= 4 is 28.9 Å². The molecule has 1 saturated heterocycles. The second kappa shape index (κ2) is 9.47. The molecule has 0 radical (unpaired) electrons. The number of halogens is 1. The van der Waals surface area contributed by atoms with Gasteiger partial charge in [-0.05, 0) is 62.6 Å². The van der Waals surface area contributed by atoms with Gasteiger partial charge in [0.1, 0.15) is 5.82 Å². The maximum Gasteiger partial charge on any atom is 0.276 e. The van der Waals surface area contributed by atoms with Crippen LogP contribution in [0, 0.1) is 17.8 Å². The molecule has 1 aliphatic carbocycles. The summed E-state index contributed by atoms with van der Waals surface area (Å²) in [7, 11) is 0. The molecular formula is C25H33ClN6O. The molecule has 0 spiro atoms. The molecule has 7 nitrogen and oxygen atoms in total. The molecule has 3 aliphatic rings. The number of nitrogens with zero attached hydrogens (tertiary/aromatic N) is 4. The molecule has 3 atom stereocenters. The molecule has 176 valence electrons. The fourth-order valence-electron chi connectivity index (χ4n) is 6.11. The summed E-state index contributed by atoms with van der Waals surface area (Å²) >= 11 is 0. The molecule has 2 N–H and O–H groups in total. The van der Waals surface area contributed by atoms with E-state index in [0.29, 0.717) is 12.5 Å². The average molecular weight is 469 g/mol. The van der Waals surface area contributed by atoms with Gasteiger partial charge in [-0.15, -0.1) is 12.4 Å². The van der Waals surface area contributed by atoms with Crippen molar-refractivity contribution in [1.82, 2.24) is 24.6 Å². The van der Waals surface area contributed by atoms with Crippen molar-refractivity contribution in [3.05, 3.63) is 52.5 Å². The lowest BCUT2D eigenvalue weighted by Crippen LogP contribution is -2.26. The Balaban J connectivity index is 0.00000228. The molecule has 2 aromatic heterocycles. The van der Waals surface area contributed by atoms with Crippen LogP contribution in [0.3, 0.4) is 0 Å². The molecule has 2 fully saturated rings. The molecule has 1 aromatic carbocycles. The lowest BCUT2D eigenvalue weighted by atomic mass is 9.92. The first-order valence-electron chi connectivity index (χ1n) is 12.2. The van der Waals surface area contributed by atoms with Crippen molar-refractivity contribution in [1.29, 1.82) is 0 Å². The molecule has 8 heteroatoms. The van der Waals surface area contributed by atoms with Crippen LogP contribution >= 0.6 is 12.4 Å². The summed E-state index contributed by atoms with van der Waals surface area (Å²) < 4.78 is 3.88. The molecule has 6 rings (SSSR count). The van der Waals surface area contributed by atoms with Crippen LogP contribution in [0.25, 0.3) is 10.8 Å². The number of rotatable bonds is 6. The zero-order valence-corrected chi connectivity index (χ0v) is 19.8. The lowest BCUT2D eigenvalue weighted by Gasteiger charge is -2.19. The Kier molecular flexibility index (Phi) is 6.43. The van der Waals surface area contributed by atoms with Gasteiger partial charge in [0, 0.05) is 43.2 Å². The number of nitrogens with one attached hydrogen (secondary N) is 2. The number of anilines is 1. The minimum Gasteiger partial charge on any atom is -0.384 e. The van der Waals surface area contributed by atoms with Crippen LogP contribution in [0.5, 0.6) is 0 Å². The standard InChI is InChI=1S/C25H32N6O.ClH/c32-25-24-19(4-3-5-22(24)27-13-18-8-7-17-12-26-15-21(17)18)14-28-31(25)11-9-20-16-30-10-2-1-6-23(30)29-20;/h3-5,14,16-18,21,26-27H,1-2,6-13,15H2;1H/t17-,18-,21+;/m1./s1. The lowest BCUT2D eigenvalue weighted by molar-refractivity contribution is 0.391. The van der Waals surface area contributed by atoms with Gasteiger partial charge in [-0.3, -0.25) is 4.79 Å². The third-order valence-corrected chi connectivity index (χ3v) is 7.88. The molecule has 4 heterocycles. The number of aromatic nitrogens is 4. The summed E-state index contributed by atoms with van der Waals surface area (Å²) in [4.78, 5) is 18.1. The van der Waals surface area contributed by atoms with Crippen LogP contribution in [0.2, 0.25) is 0 Å². The normalized spacial score (nSPS) is 23.8. The SMILES string of the molecule is Cl.O=c1c2c(NC[C@H]3CC[C@@H]4CNC[C@@H]43)cccc2cnn1CCc1cn2c(n1)CCCC2. The van der Waals surface area contributed by atoms with E-state index in [0.717, 1.165) is 66.5 Å². The first-order valence-corrected chi connectivity index (χ1v) is 12.2. The Morgan fingerprint density at radius 1 is 1.18 bits per heavy atom. The molecule has 3 aromatic rings. The molecule has 0 bridgehead atoms. The topological polar surface area (TPSA) is 76.8 Å². The van der Waals surface area contributed by atoms with Gasteiger partial charge in [0.25, 0.3) is 5.56 Å². The van der Waals surface area contributed by atoms with E-state index >= 15 is 0 Å². The Hall–Kier alpha value is -2.38. The van der Waals surface area contributed by atoms with Crippen molar-refractivity contribution in [3.8, 4) is 0 Å². The Bertz CT molecular complexity index is 1160. The van der Waals surface area contributed by atoms with E-state index in [9.17, 15) is 4.79 Å². The maximum absolute atomic E-state index is 13.4. The van der Waals surface area contributed by atoms with Crippen molar-refractivity contribution in [3.63, 3.8) is 0 Å². The summed E-state index contributed by atoms with van der Waals surface area (Å²) in [5.41, 5.74) is 1.99. The van der Waals surface area contributed by atoms with Crippen molar-refractivity contribution in [2.24, 2.45) is 17.8 Å². The first-order chi connectivity index (χ1) is 15.8. The summed E-state index contributed by atoms with van der Waals surface area (Å²) in [5, 5.41) is 13.3. The summed E-state index contributed by atoms with van der Waals surface area (Å²) in [6.45, 7) is 4.86. The van der Waals surface area contributed by atoms with Gasteiger partial charge in [-0.25, -0.2) is 9.67 Å². The van der Waals surface area contributed by atoms with Crippen LogP contribution < -0.4 is 16.2 Å². The van der Waals surface area contributed by atoms with Crippen molar-refractivity contribution in [2.75, 3.05) is 25.0 Å². The number of hydrogen-bond acceptors (Lipinski definition) is 5. The zero-order valence-electron chi connectivity index (χ0n) is 19.0. The summed E-state index contributed by atoms with van der Waals surface area (Å²) in [5.74, 6) is 3.48. The molecule has 33 heavy (non-hydrogen) atoms. The Morgan fingerprint density at radius 3 is 3.03 bits per heavy atom. The monoisotopic (exact) mass is 468 g/mol. The van der Waals surface area contributed by atoms with E-state index in [2.05, 4.69) is 26.5 Å². The molecular weight excluding hydrogens is 436 g/mol. The van der Waals surface area contributed by atoms with E-state index in [1.54, 1.807) is 4.68 Å².